The second-order valence-electron chi connectivity index (χ2n) is 9.06. The van der Waals surface area contributed by atoms with Crippen LogP contribution in [0, 0.1) is 12.3 Å². The number of carbonyl (C=O) groups is 1. The van der Waals surface area contributed by atoms with Gasteiger partial charge in [-0.05, 0) is 36.1 Å². The summed E-state index contributed by atoms with van der Waals surface area (Å²) in [5, 5.41) is 0. The number of methoxy groups -OCH3 is 1. The van der Waals surface area contributed by atoms with Crippen LogP contribution in [0.15, 0.2) is 69.6 Å². The third kappa shape index (κ3) is 5.64. The van der Waals surface area contributed by atoms with E-state index in [1.54, 1.807) is 30.7 Å². The Morgan fingerprint density at radius 3 is 2.61 bits per heavy atom. The molecule has 0 radical (unpaired) electrons. The van der Waals surface area contributed by atoms with E-state index >= 15 is 0 Å². The summed E-state index contributed by atoms with van der Waals surface area (Å²) >= 11 is 1.26. The molecule has 7 nitrogen and oxygen atoms in total. The molecule has 1 aromatic heterocycles. The minimum atomic E-state index is -0.683. The molecule has 0 saturated carbocycles. The number of rotatable bonds is 9. The Morgan fingerprint density at radius 2 is 1.92 bits per heavy atom. The van der Waals surface area contributed by atoms with Crippen molar-refractivity contribution in [3.05, 3.63) is 96.2 Å². The number of para-hydroxylation sites is 1. The van der Waals surface area contributed by atoms with Gasteiger partial charge in [-0.1, -0.05) is 73.6 Å². The van der Waals surface area contributed by atoms with Crippen LogP contribution >= 0.6 is 11.3 Å². The molecule has 0 aliphatic carbocycles. The van der Waals surface area contributed by atoms with Crippen LogP contribution in [0.5, 0.6) is 5.75 Å². The normalized spacial score (nSPS) is 15.2. The first-order chi connectivity index (χ1) is 18.3. The van der Waals surface area contributed by atoms with Crippen molar-refractivity contribution in [2.24, 2.45) is 4.99 Å². The number of nitrogens with zero attached hydrogens (tertiary/aromatic N) is 2. The summed E-state index contributed by atoms with van der Waals surface area (Å²) in [5.74, 6) is 2.86. The van der Waals surface area contributed by atoms with E-state index in [-0.39, 0.29) is 25.4 Å². The summed E-state index contributed by atoms with van der Waals surface area (Å²) < 4.78 is 18.2. The lowest BCUT2D eigenvalue weighted by Gasteiger charge is -2.25. The number of fused-ring (bicyclic) bond motifs is 1. The maximum absolute atomic E-state index is 13.9. The molecule has 1 atom stereocenters. The molecule has 3 aromatic rings. The first-order valence-corrected chi connectivity index (χ1v) is 13.1. The first kappa shape index (κ1) is 27.1. The van der Waals surface area contributed by atoms with Crippen LogP contribution < -0.4 is 19.6 Å². The van der Waals surface area contributed by atoms with Gasteiger partial charge < -0.3 is 14.2 Å². The average Bonchev–Trinajstić information content (AvgIpc) is 3.21. The van der Waals surface area contributed by atoms with Crippen molar-refractivity contribution in [2.75, 3.05) is 26.9 Å². The molecule has 38 heavy (non-hydrogen) atoms. The Kier molecular flexibility index (Phi) is 8.62. The van der Waals surface area contributed by atoms with Gasteiger partial charge in [-0.2, -0.15) is 0 Å². The Morgan fingerprint density at radius 1 is 1.18 bits per heavy atom. The topological polar surface area (TPSA) is 79.1 Å². The van der Waals surface area contributed by atoms with Crippen LogP contribution in [0.1, 0.15) is 49.4 Å². The zero-order valence-corrected chi connectivity index (χ0v) is 22.7. The molecule has 1 aliphatic heterocycles. The van der Waals surface area contributed by atoms with E-state index in [9.17, 15) is 9.59 Å². The average molecular weight is 531 g/mol. The maximum atomic E-state index is 13.9. The van der Waals surface area contributed by atoms with E-state index in [4.69, 9.17) is 20.6 Å². The van der Waals surface area contributed by atoms with Crippen molar-refractivity contribution in [1.29, 1.82) is 0 Å². The lowest BCUT2D eigenvalue weighted by atomic mass is 9.93. The Labute approximate surface area is 225 Å². The number of thiazole rings is 1. The zero-order valence-electron chi connectivity index (χ0n) is 21.9. The second kappa shape index (κ2) is 12.1. The molecule has 1 unspecified atom stereocenters. The molecule has 1 aliphatic rings. The first-order valence-electron chi connectivity index (χ1n) is 12.3. The van der Waals surface area contributed by atoms with Crippen molar-refractivity contribution in [1.82, 2.24) is 4.57 Å². The number of hydrogen-bond acceptors (Lipinski definition) is 7. The summed E-state index contributed by atoms with van der Waals surface area (Å²) in [5.41, 5.74) is 3.27. The van der Waals surface area contributed by atoms with Crippen molar-refractivity contribution in [2.45, 2.75) is 32.7 Å². The van der Waals surface area contributed by atoms with E-state index in [2.05, 4.69) is 24.8 Å². The lowest BCUT2D eigenvalue weighted by molar-refractivity contribution is -0.140. The molecule has 0 spiro atoms. The van der Waals surface area contributed by atoms with E-state index in [1.165, 1.54) is 11.3 Å². The predicted molar refractivity (Wildman–Crippen MR) is 148 cm³/mol. The monoisotopic (exact) mass is 530 g/mol. The van der Waals surface area contributed by atoms with Crippen molar-refractivity contribution >= 4 is 23.4 Å². The molecule has 0 bridgehead atoms. The van der Waals surface area contributed by atoms with Crippen LogP contribution in [-0.4, -0.2) is 37.5 Å². The lowest BCUT2D eigenvalue weighted by Crippen LogP contribution is -2.40. The van der Waals surface area contributed by atoms with Crippen LogP contribution in [0.25, 0.3) is 6.08 Å². The molecule has 0 N–H and O–H groups in total. The van der Waals surface area contributed by atoms with Gasteiger partial charge in [0.25, 0.3) is 5.56 Å². The van der Waals surface area contributed by atoms with Gasteiger partial charge in [0.15, 0.2) is 4.80 Å². The van der Waals surface area contributed by atoms with Gasteiger partial charge in [0.05, 0.1) is 28.5 Å². The molecule has 4 rings (SSSR count). The Hall–Kier alpha value is -3.93. The molecule has 2 heterocycles. The zero-order chi connectivity index (χ0) is 27.2. The third-order valence-electron chi connectivity index (χ3n) is 6.20. The van der Waals surface area contributed by atoms with E-state index in [0.29, 0.717) is 32.3 Å². The van der Waals surface area contributed by atoms with Gasteiger partial charge in [-0.25, -0.2) is 9.79 Å². The molecule has 0 saturated heterocycles. The van der Waals surface area contributed by atoms with E-state index in [0.717, 1.165) is 16.7 Å². The molecule has 0 fully saturated rings. The van der Waals surface area contributed by atoms with Crippen LogP contribution in [0.3, 0.4) is 0 Å². The van der Waals surface area contributed by atoms with Crippen molar-refractivity contribution in [3.8, 4) is 18.1 Å². The van der Waals surface area contributed by atoms with Gasteiger partial charge in [0.2, 0.25) is 0 Å². The van der Waals surface area contributed by atoms with Gasteiger partial charge in [0.1, 0.15) is 19.0 Å². The number of aromatic nitrogens is 1. The second-order valence-corrected chi connectivity index (χ2v) is 10.1. The fraction of sp³-hybridized carbons (Fsp3) is 0.300. The number of carbonyl (C=O) groups excluding carboxylic acids is 1. The summed E-state index contributed by atoms with van der Waals surface area (Å²) in [6, 6.07) is 14.7. The minimum Gasteiger partial charge on any atom is -0.480 e. The van der Waals surface area contributed by atoms with Crippen LogP contribution in [0.4, 0.5) is 0 Å². The summed E-state index contributed by atoms with van der Waals surface area (Å²) in [6.45, 7) is 6.49. The van der Waals surface area contributed by atoms with E-state index in [1.807, 2.05) is 42.5 Å². The van der Waals surface area contributed by atoms with E-state index < -0.39 is 12.0 Å². The van der Waals surface area contributed by atoms with Gasteiger partial charge in [-0.15, -0.1) is 6.42 Å². The SMILES string of the molecule is C#CCOc1ccccc1C=c1sc2n(c1=O)C(c1ccc(C(C)C)cc1)C(C(=O)OCCOC)=C(C)N=2. The largest absolute Gasteiger partial charge is 0.480 e. The Bertz CT molecular complexity index is 1570. The summed E-state index contributed by atoms with van der Waals surface area (Å²) in [4.78, 5) is 32.3. The third-order valence-corrected chi connectivity index (χ3v) is 7.18. The highest BCUT2D eigenvalue weighted by Crippen LogP contribution is 2.31. The summed E-state index contributed by atoms with van der Waals surface area (Å²) in [6.07, 6.45) is 7.12. The van der Waals surface area contributed by atoms with Crippen LogP contribution in [0.2, 0.25) is 0 Å². The standard InChI is InChI=1S/C30H30N2O5S/c1-6-15-36-24-10-8-7-9-23(24)18-25-28(33)32-27(22-13-11-21(12-14-22)19(2)3)26(20(4)31-30(32)38-25)29(34)37-17-16-35-5/h1,7-14,18-19,27H,15-17H2,2-5H3. The highest BCUT2D eigenvalue weighted by atomic mass is 32.1. The molecular formula is C30H30N2O5S. The predicted octanol–water partition coefficient (Wildman–Crippen LogP) is 3.56. The fourth-order valence-corrected chi connectivity index (χ4v) is 5.29. The maximum Gasteiger partial charge on any atom is 0.338 e. The van der Waals surface area contributed by atoms with Gasteiger partial charge in [0, 0.05) is 12.7 Å². The highest BCUT2D eigenvalue weighted by molar-refractivity contribution is 7.07. The minimum absolute atomic E-state index is 0.101. The number of benzene rings is 2. The molecule has 8 heteroatoms. The number of terminal acetylenes is 1. The summed E-state index contributed by atoms with van der Waals surface area (Å²) in [7, 11) is 1.54. The quantitative estimate of drug-likeness (QED) is 0.240. The molecular weight excluding hydrogens is 500 g/mol. The van der Waals surface area contributed by atoms with Gasteiger partial charge >= 0.3 is 5.97 Å². The van der Waals surface area contributed by atoms with Gasteiger partial charge in [-0.3, -0.25) is 9.36 Å². The highest BCUT2D eigenvalue weighted by Gasteiger charge is 2.33. The Balaban J connectivity index is 1.87. The van der Waals surface area contributed by atoms with Crippen LogP contribution in [-0.2, 0) is 14.3 Å². The number of hydrogen-bond donors (Lipinski definition) is 0. The molecule has 196 valence electrons. The number of esters is 1. The smallest absolute Gasteiger partial charge is 0.338 e. The number of allylic oxidation sites excluding steroid dienone is 1. The molecule has 0 amide bonds. The number of ether oxygens (including phenoxy) is 3. The molecule has 2 aromatic carbocycles. The van der Waals surface area contributed by atoms with Crippen molar-refractivity contribution in [3.63, 3.8) is 0 Å². The van der Waals surface area contributed by atoms with Crippen molar-refractivity contribution < 1.29 is 19.0 Å². The fourth-order valence-electron chi connectivity index (χ4n) is 4.25.